The first-order chi connectivity index (χ1) is 14.4. The number of fused-ring (bicyclic) bond motifs is 2. The normalized spacial score (nSPS) is 23.1. The predicted molar refractivity (Wildman–Crippen MR) is 107 cm³/mol. The summed E-state index contributed by atoms with van der Waals surface area (Å²) in [5.74, 6) is -0.178. The summed E-state index contributed by atoms with van der Waals surface area (Å²) in [6, 6.07) is 19.2. The van der Waals surface area contributed by atoms with E-state index in [0.717, 1.165) is 39.9 Å². The zero-order valence-corrected chi connectivity index (χ0v) is 16.1. The van der Waals surface area contributed by atoms with Crippen LogP contribution in [0.1, 0.15) is 51.0 Å². The number of benzene rings is 3. The van der Waals surface area contributed by atoms with E-state index in [2.05, 4.69) is 0 Å². The third-order valence-electron chi connectivity index (χ3n) is 6.08. The summed E-state index contributed by atoms with van der Waals surface area (Å²) in [7, 11) is 0. The molecule has 1 aliphatic heterocycles. The van der Waals surface area contributed by atoms with E-state index in [1.54, 1.807) is 6.61 Å². The highest BCUT2D eigenvalue weighted by molar-refractivity contribution is 5.51. The molecular formula is C25H20F3O2. The van der Waals surface area contributed by atoms with E-state index >= 15 is 0 Å². The van der Waals surface area contributed by atoms with Gasteiger partial charge in [0.25, 0.3) is 0 Å². The fourth-order valence-electron chi connectivity index (χ4n) is 4.70. The molecule has 2 nitrogen and oxygen atoms in total. The molecular weight excluding hydrogens is 389 g/mol. The molecule has 5 heteroatoms. The zero-order chi connectivity index (χ0) is 20.9. The van der Waals surface area contributed by atoms with Gasteiger partial charge in [0.1, 0.15) is 6.61 Å². The van der Waals surface area contributed by atoms with E-state index in [1.165, 1.54) is 12.1 Å². The number of hydrogen-bond acceptors (Lipinski definition) is 2. The zero-order valence-electron chi connectivity index (χ0n) is 16.1. The average molecular weight is 409 g/mol. The van der Waals surface area contributed by atoms with E-state index in [0.29, 0.717) is 18.4 Å². The minimum Gasteiger partial charge on any atom is -0.392 e. The highest BCUT2D eigenvalue weighted by Gasteiger charge is 2.37. The first kappa shape index (κ1) is 19.3. The highest BCUT2D eigenvalue weighted by Crippen LogP contribution is 2.47. The summed E-state index contributed by atoms with van der Waals surface area (Å²) in [5, 5.41) is 10.2. The molecule has 0 bridgehead atoms. The van der Waals surface area contributed by atoms with Crippen molar-refractivity contribution in [2.24, 2.45) is 0 Å². The van der Waals surface area contributed by atoms with Crippen molar-refractivity contribution in [2.75, 3.05) is 0 Å². The van der Waals surface area contributed by atoms with Crippen molar-refractivity contribution in [1.29, 1.82) is 0 Å². The Morgan fingerprint density at radius 1 is 0.833 bits per heavy atom. The number of rotatable bonds is 2. The molecule has 0 spiro atoms. The molecule has 153 valence electrons. The van der Waals surface area contributed by atoms with Crippen LogP contribution >= 0.6 is 0 Å². The van der Waals surface area contributed by atoms with Gasteiger partial charge in [-0.15, -0.1) is 0 Å². The second-order valence-corrected chi connectivity index (χ2v) is 7.95. The standard InChI is InChI=1S/C25H20F3O2/c26-25(27,28)18-10-8-15(9-11-18)24-23(20-6-2-1-4-17(20)14-30-24)21-7-3-5-16-12-19(29)13-22(16)21/h1-11,14,19,23-24,29H,12-13H2. The Morgan fingerprint density at radius 2 is 1.57 bits per heavy atom. The Balaban J connectivity index is 1.63. The number of alkyl halides is 3. The second kappa shape index (κ2) is 7.25. The van der Waals surface area contributed by atoms with Gasteiger partial charge in [-0.3, -0.25) is 0 Å². The molecule has 3 aromatic rings. The number of ether oxygens (including phenoxy) is 1. The minimum absolute atomic E-state index is 0.178. The van der Waals surface area contributed by atoms with E-state index in [4.69, 9.17) is 4.74 Å². The Hall–Kier alpha value is -2.63. The van der Waals surface area contributed by atoms with Gasteiger partial charge < -0.3 is 9.84 Å². The lowest BCUT2D eigenvalue weighted by molar-refractivity contribution is -0.137. The molecule has 0 saturated carbocycles. The van der Waals surface area contributed by atoms with Crippen LogP contribution in [0.4, 0.5) is 13.2 Å². The summed E-state index contributed by atoms with van der Waals surface area (Å²) < 4.78 is 45.2. The van der Waals surface area contributed by atoms with Gasteiger partial charge in [-0.1, -0.05) is 54.6 Å². The van der Waals surface area contributed by atoms with Crippen molar-refractivity contribution in [2.45, 2.75) is 37.1 Å². The van der Waals surface area contributed by atoms with Crippen molar-refractivity contribution in [1.82, 2.24) is 0 Å². The van der Waals surface area contributed by atoms with Crippen LogP contribution in [0.15, 0.2) is 66.7 Å². The van der Waals surface area contributed by atoms with Crippen LogP contribution in [0.5, 0.6) is 0 Å². The van der Waals surface area contributed by atoms with Crippen molar-refractivity contribution in [3.8, 4) is 0 Å². The van der Waals surface area contributed by atoms with E-state index in [-0.39, 0.29) is 5.92 Å². The topological polar surface area (TPSA) is 29.5 Å². The first-order valence-electron chi connectivity index (χ1n) is 9.95. The summed E-state index contributed by atoms with van der Waals surface area (Å²) >= 11 is 0. The fourth-order valence-corrected chi connectivity index (χ4v) is 4.70. The molecule has 1 N–H and O–H groups in total. The maximum Gasteiger partial charge on any atom is 0.416 e. The van der Waals surface area contributed by atoms with Crippen molar-refractivity contribution >= 4 is 0 Å². The fraction of sp³-hybridized carbons (Fsp3) is 0.240. The number of hydrogen-bond donors (Lipinski definition) is 1. The summed E-state index contributed by atoms with van der Waals surface area (Å²) in [6.07, 6.45) is -4.03. The highest BCUT2D eigenvalue weighted by atomic mass is 19.4. The molecule has 30 heavy (non-hydrogen) atoms. The molecule has 1 radical (unpaired) electrons. The van der Waals surface area contributed by atoms with Crippen LogP contribution in [0.3, 0.4) is 0 Å². The van der Waals surface area contributed by atoms with Crippen LogP contribution in [-0.4, -0.2) is 11.2 Å². The van der Waals surface area contributed by atoms with Crippen LogP contribution in [-0.2, 0) is 23.8 Å². The molecule has 3 aromatic carbocycles. The quantitative estimate of drug-likeness (QED) is 0.599. The van der Waals surface area contributed by atoms with Crippen molar-refractivity contribution < 1.29 is 23.0 Å². The van der Waals surface area contributed by atoms with Gasteiger partial charge >= 0.3 is 6.18 Å². The molecule has 0 saturated heterocycles. The largest absolute Gasteiger partial charge is 0.416 e. The summed E-state index contributed by atoms with van der Waals surface area (Å²) in [4.78, 5) is 0. The van der Waals surface area contributed by atoms with Crippen LogP contribution in [0, 0.1) is 6.61 Å². The van der Waals surface area contributed by atoms with E-state index < -0.39 is 23.9 Å². The van der Waals surface area contributed by atoms with Crippen molar-refractivity contribution in [3.63, 3.8) is 0 Å². The Labute approximate surface area is 172 Å². The molecule has 3 unspecified atom stereocenters. The first-order valence-corrected chi connectivity index (χ1v) is 9.95. The monoisotopic (exact) mass is 409 g/mol. The Bertz CT molecular complexity index is 1070. The van der Waals surface area contributed by atoms with Gasteiger partial charge in [0.05, 0.1) is 17.8 Å². The number of aliphatic hydroxyl groups is 1. The van der Waals surface area contributed by atoms with Crippen LogP contribution in [0.2, 0.25) is 0 Å². The van der Waals surface area contributed by atoms with Gasteiger partial charge in [-0.25, -0.2) is 0 Å². The molecule has 0 fully saturated rings. The van der Waals surface area contributed by atoms with Gasteiger partial charge in [-0.2, -0.15) is 13.2 Å². The molecule has 3 atom stereocenters. The molecule has 5 rings (SSSR count). The lowest BCUT2D eigenvalue weighted by Crippen LogP contribution is -2.23. The van der Waals surface area contributed by atoms with Crippen LogP contribution in [0.25, 0.3) is 0 Å². The van der Waals surface area contributed by atoms with E-state index in [9.17, 15) is 18.3 Å². The maximum atomic E-state index is 13.0. The Morgan fingerprint density at radius 3 is 2.33 bits per heavy atom. The lowest BCUT2D eigenvalue weighted by atomic mass is 9.77. The van der Waals surface area contributed by atoms with E-state index in [1.807, 2.05) is 42.5 Å². The summed E-state index contributed by atoms with van der Waals surface area (Å²) in [6.45, 7) is 1.69. The third-order valence-corrected chi connectivity index (χ3v) is 6.08. The predicted octanol–water partition coefficient (Wildman–Crippen LogP) is 5.58. The van der Waals surface area contributed by atoms with Gasteiger partial charge in [0.2, 0.25) is 0 Å². The van der Waals surface area contributed by atoms with Gasteiger partial charge in [0, 0.05) is 5.92 Å². The number of halogens is 3. The average Bonchev–Trinajstić information content (AvgIpc) is 3.13. The SMILES string of the molecule is OC1Cc2cccc(C3c4ccccc4[CH]OC3c3ccc(C(F)(F)F)cc3)c2C1. The smallest absolute Gasteiger partial charge is 0.392 e. The number of aliphatic hydroxyl groups excluding tert-OH is 1. The Kier molecular flexibility index (Phi) is 4.68. The van der Waals surface area contributed by atoms with Gasteiger partial charge in [-0.05, 0) is 58.4 Å². The lowest BCUT2D eigenvalue weighted by Gasteiger charge is -2.35. The minimum atomic E-state index is -4.37. The maximum absolute atomic E-state index is 13.0. The van der Waals surface area contributed by atoms with Crippen molar-refractivity contribution in [3.05, 3.63) is 112 Å². The molecule has 0 aromatic heterocycles. The molecule has 1 aliphatic carbocycles. The second-order valence-electron chi connectivity index (χ2n) is 7.95. The van der Waals surface area contributed by atoms with Crippen LogP contribution < -0.4 is 0 Å². The third kappa shape index (κ3) is 3.32. The molecule has 2 aliphatic rings. The molecule has 0 amide bonds. The summed E-state index contributed by atoms with van der Waals surface area (Å²) in [5.41, 5.74) is 5.35. The molecule has 1 heterocycles. The van der Waals surface area contributed by atoms with Gasteiger partial charge in [0.15, 0.2) is 0 Å².